The largest absolute Gasteiger partial charge is 0.467 e. The highest BCUT2D eigenvalue weighted by molar-refractivity contribution is 5.94. The maximum atomic E-state index is 12.5. The van der Waals surface area contributed by atoms with Crippen LogP contribution in [0.5, 0.6) is 0 Å². The van der Waals surface area contributed by atoms with E-state index in [4.69, 9.17) is 8.83 Å². The van der Waals surface area contributed by atoms with Gasteiger partial charge in [-0.15, -0.1) is 0 Å². The molecular weight excluding hydrogens is 322 g/mol. The van der Waals surface area contributed by atoms with Crippen molar-refractivity contribution >= 4 is 5.91 Å². The van der Waals surface area contributed by atoms with E-state index in [1.54, 1.807) is 37.3 Å². The smallest absolute Gasteiger partial charge is 0.287 e. The van der Waals surface area contributed by atoms with Crippen molar-refractivity contribution < 1.29 is 23.8 Å². The Hall–Kier alpha value is -2.83. The standard InChI is InChI=1S/C19H17NO5/c1-10-14-16(22)15(21)12-6-2-3-7-13(12)18(14)25-17(10)19(23)20-9-11-5-4-8-24-11/h2-8,15-16,21-22H,9H2,1H3,(H,20,23). The Morgan fingerprint density at radius 2 is 1.96 bits per heavy atom. The number of hydrogen-bond acceptors (Lipinski definition) is 5. The van der Waals surface area contributed by atoms with E-state index >= 15 is 0 Å². The van der Waals surface area contributed by atoms with Crippen molar-refractivity contribution in [2.75, 3.05) is 0 Å². The van der Waals surface area contributed by atoms with E-state index in [0.29, 0.717) is 33.8 Å². The first-order valence-electron chi connectivity index (χ1n) is 7.97. The third kappa shape index (κ3) is 2.47. The Morgan fingerprint density at radius 1 is 1.16 bits per heavy atom. The summed E-state index contributed by atoms with van der Waals surface area (Å²) in [4.78, 5) is 12.5. The number of benzene rings is 1. The van der Waals surface area contributed by atoms with Crippen LogP contribution in [0.4, 0.5) is 0 Å². The number of aliphatic hydroxyl groups is 2. The van der Waals surface area contributed by atoms with Crippen molar-refractivity contribution in [2.24, 2.45) is 0 Å². The van der Waals surface area contributed by atoms with Crippen LogP contribution >= 0.6 is 0 Å². The molecule has 6 heteroatoms. The highest BCUT2D eigenvalue weighted by Crippen LogP contribution is 2.47. The van der Waals surface area contributed by atoms with E-state index in [1.807, 2.05) is 6.07 Å². The lowest BCUT2D eigenvalue weighted by atomic mass is 9.85. The monoisotopic (exact) mass is 339 g/mol. The van der Waals surface area contributed by atoms with Crippen molar-refractivity contribution in [1.82, 2.24) is 5.32 Å². The molecule has 25 heavy (non-hydrogen) atoms. The molecule has 4 rings (SSSR count). The van der Waals surface area contributed by atoms with Crippen LogP contribution in [0.15, 0.2) is 51.5 Å². The lowest BCUT2D eigenvalue weighted by Crippen LogP contribution is -2.23. The Labute approximate surface area is 143 Å². The second-order valence-electron chi connectivity index (χ2n) is 6.04. The zero-order valence-electron chi connectivity index (χ0n) is 13.5. The topological polar surface area (TPSA) is 95.8 Å². The molecular formula is C19H17NO5. The number of amides is 1. The maximum absolute atomic E-state index is 12.5. The van der Waals surface area contributed by atoms with Crippen molar-refractivity contribution in [3.8, 4) is 11.3 Å². The van der Waals surface area contributed by atoms with Crippen LogP contribution in [0.2, 0.25) is 0 Å². The molecule has 0 bridgehead atoms. The number of nitrogens with one attached hydrogen (secondary N) is 1. The molecule has 3 N–H and O–H groups in total. The molecule has 1 aromatic carbocycles. The molecule has 0 radical (unpaired) electrons. The van der Waals surface area contributed by atoms with Crippen molar-refractivity contribution in [2.45, 2.75) is 25.7 Å². The number of carbonyl (C=O) groups excluding carboxylic acids is 1. The molecule has 1 aliphatic carbocycles. The van der Waals surface area contributed by atoms with Gasteiger partial charge >= 0.3 is 0 Å². The molecule has 3 aromatic rings. The van der Waals surface area contributed by atoms with Gasteiger partial charge in [0.1, 0.15) is 23.7 Å². The minimum absolute atomic E-state index is 0.125. The van der Waals surface area contributed by atoms with Crippen LogP contribution in [0, 0.1) is 6.92 Å². The van der Waals surface area contributed by atoms with Crippen LogP contribution in [-0.4, -0.2) is 16.1 Å². The zero-order valence-corrected chi connectivity index (χ0v) is 13.5. The Kier molecular flexibility index (Phi) is 3.71. The first-order chi connectivity index (χ1) is 12.1. The van der Waals surface area contributed by atoms with Gasteiger partial charge in [-0.2, -0.15) is 0 Å². The minimum Gasteiger partial charge on any atom is -0.467 e. The molecule has 1 aliphatic rings. The number of rotatable bonds is 3. The molecule has 2 atom stereocenters. The van der Waals surface area contributed by atoms with E-state index < -0.39 is 18.1 Å². The fourth-order valence-corrected chi connectivity index (χ4v) is 3.25. The van der Waals surface area contributed by atoms with Crippen LogP contribution in [0.3, 0.4) is 0 Å². The zero-order chi connectivity index (χ0) is 17.6. The molecule has 0 fully saturated rings. The third-order valence-corrected chi connectivity index (χ3v) is 4.52. The van der Waals surface area contributed by atoms with E-state index in [0.717, 1.165) is 0 Å². The fraction of sp³-hybridized carbons (Fsp3) is 0.211. The average Bonchev–Trinajstić information content (AvgIpc) is 3.25. The molecule has 0 spiro atoms. The normalized spacial score (nSPS) is 18.5. The highest BCUT2D eigenvalue weighted by Gasteiger charge is 2.37. The molecule has 0 saturated heterocycles. The second-order valence-corrected chi connectivity index (χ2v) is 6.04. The molecule has 0 saturated carbocycles. The molecule has 2 heterocycles. The van der Waals surface area contributed by atoms with Gasteiger partial charge in [0.05, 0.1) is 12.8 Å². The lowest BCUT2D eigenvalue weighted by Gasteiger charge is -2.26. The number of aliphatic hydroxyl groups excluding tert-OH is 2. The number of fused-ring (bicyclic) bond motifs is 3. The van der Waals surface area contributed by atoms with Crippen LogP contribution in [0.25, 0.3) is 11.3 Å². The number of furan rings is 2. The number of hydrogen-bond donors (Lipinski definition) is 3. The predicted octanol–water partition coefficient (Wildman–Crippen LogP) is 2.86. The van der Waals surface area contributed by atoms with Crippen molar-refractivity contribution in [1.29, 1.82) is 0 Å². The van der Waals surface area contributed by atoms with E-state index in [2.05, 4.69) is 5.32 Å². The number of carbonyl (C=O) groups is 1. The van der Waals surface area contributed by atoms with Gasteiger partial charge in [0.25, 0.3) is 5.91 Å². The summed E-state index contributed by atoms with van der Waals surface area (Å²) in [6.07, 6.45) is -0.660. The summed E-state index contributed by atoms with van der Waals surface area (Å²) >= 11 is 0. The van der Waals surface area contributed by atoms with Gasteiger partial charge in [0, 0.05) is 16.7 Å². The minimum atomic E-state index is -1.14. The summed E-state index contributed by atoms with van der Waals surface area (Å²) in [5, 5.41) is 23.6. The third-order valence-electron chi connectivity index (χ3n) is 4.52. The van der Waals surface area contributed by atoms with E-state index in [9.17, 15) is 15.0 Å². The Morgan fingerprint density at radius 3 is 2.72 bits per heavy atom. The summed E-state index contributed by atoms with van der Waals surface area (Å²) in [5.74, 6) is 0.777. The maximum Gasteiger partial charge on any atom is 0.287 e. The second kappa shape index (κ2) is 5.91. The van der Waals surface area contributed by atoms with Crippen LogP contribution in [-0.2, 0) is 6.54 Å². The molecule has 2 unspecified atom stereocenters. The Balaban J connectivity index is 1.71. The van der Waals surface area contributed by atoms with Gasteiger partial charge in [-0.1, -0.05) is 24.3 Å². The van der Waals surface area contributed by atoms with Gasteiger partial charge in [-0.25, -0.2) is 0 Å². The van der Waals surface area contributed by atoms with Crippen molar-refractivity contribution in [3.63, 3.8) is 0 Å². The van der Waals surface area contributed by atoms with Crippen LogP contribution < -0.4 is 5.32 Å². The van der Waals surface area contributed by atoms with Gasteiger partial charge in [0.15, 0.2) is 5.76 Å². The summed E-state index contributed by atoms with van der Waals surface area (Å²) in [6.45, 7) is 1.94. The van der Waals surface area contributed by atoms with Gasteiger partial charge in [-0.3, -0.25) is 4.79 Å². The quantitative estimate of drug-likeness (QED) is 0.682. The first kappa shape index (κ1) is 15.7. The summed E-state index contributed by atoms with van der Waals surface area (Å²) < 4.78 is 11.0. The summed E-state index contributed by atoms with van der Waals surface area (Å²) in [6, 6.07) is 10.6. The average molecular weight is 339 g/mol. The molecule has 0 aliphatic heterocycles. The van der Waals surface area contributed by atoms with E-state index in [1.165, 1.54) is 6.26 Å². The SMILES string of the molecule is Cc1c(C(=O)NCc2ccco2)oc2c1C(O)C(O)c1ccccc1-2. The summed E-state index contributed by atoms with van der Waals surface area (Å²) in [7, 11) is 0. The van der Waals surface area contributed by atoms with Gasteiger partial charge < -0.3 is 24.4 Å². The van der Waals surface area contributed by atoms with Crippen molar-refractivity contribution in [3.05, 3.63) is 70.9 Å². The predicted molar refractivity (Wildman–Crippen MR) is 88.7 cm³/mol. The fourth-order valence-electron chi connectivity index (χ4n) is 3.25. The molecule has 128 valence electrons. The van der Waals surface area contributed by atoms with Gasteiger partial charge in [-0.05, 0) is 24.6 Å². The van der Waals surface area contributed by atoms with E-state index in [-0.39, 0.29) is 12.3 Å². The first-order valence-corrected chi connectivity index (χ1v) is 7.97. The Bertz CT molecular complexity index is 925. The molecule has 6 nitrogen and oxygen atoms in total. The highest BCUT2D eigenvalue weighted by atomic mass is 16.4. The lowest BCUT2D eigenvalue weighted by molar-refractivity contribution is 0.0149. The van der Waals surface area contributed by atoms with Gasteiger partial charge in [0.2, 0.25) is 0 Å². The molecule has 1 amide bonds. The molecule has 2 aromatic heterocycles. The van der Waals surface area contributed by atoms with Crippen LogP contribution in [0.1, 0.15) is 45.2 Å². The summed E-state index contributed by atoms with van der Waals surface area (Å²) in [5.41, 5.74) is 2.24.